The number of aliphatic hydroxyl groups excluding tert-OH is 1. The maximum absolute atomic E-state index is 8.66. The summed E-state index contributed by atoms with van der Waals surface area (Å²) in [6, 6.07) is 7.55. The minimum absolute atomic E-state index is 0.0109. The van der Waals surface area contributed by atoms with E-state index in [2.05, 4.69) is 31.1 Å². The van der Waals surface area contributed by atoms with Gasteiger partial charge >= 0.3 is 0 Å². The minimum atomic E-state index is 0.0109. The number of thiazole rings is 1. The van der Waals surface area contributed by atoms with Gasteiger partial charge in [-0.05, 0) is 47.1 Å². The Morgan fingerprint density at radius 3 is 1.64 bits per heavy atom. The van der Waals surface area contributed by atoms with Gasteiger partial charge in [0.15, 0.2) is 0 Å². The molecule has 0 saturated heterocycles. The number of hydrogen-bond acceptors (Lipinski definition) is 15. The van der Waals surface area contributed by atoms with Gasteiger partial charge < -0.3 is 43.0 Å². The quantitative estimate of drug-likeness (QED) is 0.0677. The van der Waals surface area contributed by atoms with Gasteiger partial charge in [0.2, 0.25) is 5.13 Å². The fourth-order valence-corrected chi connectivity index (χ4v) is 4.33. The van der Waals surface area contributed by atoms with Crippen LogP contribution in [0.5, 0.6) is 0 Å². The molecule has 1 heterocycles. The molecule has 16 heteroatoms. The first-order valence-electron chi connectivity index (χ1n) is 15.0. The monoisotopic (exact) mass is 722 g/mol. The number of ether oxygens (including phenoxy) is 8. The molecule has 0 unspecified atom stereocenters. The molecule has 0 spiro atoms. The van der Waals surface area contributed by atoms with E-state index in [9.17, 15) is 0 Å². The van der Waals surface area contributed by atoms with Crippen LogP contribution in [0.15, 0.2) is 44.5 Å². The smallest absolute Gasteiger partial charge is 0.230 e. The molecule has 0 atom stereocenters. The number of benzene rings is 1. The first kappa shape index (κ1) is 39.5. The molecule has 0 amide bonds. The summed E-state index contributed by atoms with van der Waals surface area (Å²) in [7, 11) is 0. The fourth-order valence-electron chi connectivity index (χ4n) is 3.33. The second kappa shape index (κ2) is 28.5. The summed E-state index contributed by atoms with van der Waals surface area (Å²) < 4.78 is 44.5. The molecule has 0 radical (unpaired) electrons. The zero-order valence-electron chi connectivity index (χ0n) is 26.0. The molecule has 0 saturated carbocycles. The van der Waals surface area contributed by atoms with Crippen LogP contribution in [0.1, 0.15) is 6.92 Å². The number of nitrogens with zero attached hydrogens (tertiary/aromatic N) is 4. The predicted molar refractivity (Wildman–Crippen MR) is 173 cm³/mol. The van der Waals surface area contributed by atoms with Crippen LogP contribution < -0.4 is 5.06 Å². The Balaban J connectivity index is 1.66. The van der Waals surface area contributed by atoms with Gasteiger partial charge in [0, 0.05) is 6.61 Å². The lowest BCUT2D eigenvalue weighted by atomic mass is 10.3. The molecule has 1 aromatic heterocycles. The van der Waals surface area contributed by atoms with E-state index in [4.69, 9.17) is 47.8 Å². The van der Waals surface area contributed by atoms with Crippen LogP contribution >= 0.6 is 27.3 Å². The topological polar surface area (TPSA) is 144 Å². The Kier molecular flexibility index (Phi) is 25.1. The summed E-state index contributed by atoms with van der Waals surface area (Å²) >= 11 is 4.78. The van der Waals surface area contributed by atoms with Gasteiger partial charge in [-0.3, -0.25) is 9.90 Å². The van der Waals surface area contributed by atoms with E-state index in [1.165, 1.54) is 11.3 Å². The van der Waals surface area contributed by atoms with E-state index in [1.54, 1.807) is 11.3 Å². The Bertz CT molecular complexity index is 947. The highest BCUT2D eigenvalue weighted by molar-refractivity contribution is 9.11. The number of aromatic nitrogens is 1. The van der Waals surface area contributed by atoms with Crippen LogP contribution in [0.4, 0.5) is 16.5 Å². The molecule has 45 heavy (non-hydrogen) atoms. The van der Waals surface area contributed by atoms with Crippen molar-refractivity contribution in [2.24, 2.45) is 10.2 Å². The minimum Gasteiger partial charge on any atom is -0.394 e. The van der Waals surface area contributed by atoms with E-state index in [0.717, 1.165) is 9.47 Å². The van der Waals surface area contributed by atoms with Crippen LogP contribution in [0.2, 0.25) is 0 Å². The maximum atomic E-state index is 8.66. The number of hydroxylamine groups is 1. The largest absolute Gasteiger partial charge is 0.394 e. The second-order valence-corrected chi connectivity index (χ2v) is 11.2. The van der Waals surface area contributed by atoms with E-state index < -0.39 is 0 Å². The molecule has 0 aliphatic carbocycles. The van der Waals surface area contributed by atoms with Crippen molar-refractivity contribution in [2.75, 3.05) is 131 Å². The average molecular weight is 724 g/mol. The van der Waals surface area contributed by atoms with Gasteiger partial charge in [0.25, 0.3) is 0 Å². The number of rotatable bonds is 31. The summed E-state index contributed by atoms with van der Waals surface area (Å²) in [5, 5.41) is 19.4. The van der Waals surface area contributed by atoms with Crippen molar-refractivity contribution in [2.45, 2.75) is 6.92 Å². The standard InChI is InChI=1S/C29H47BrN4O10S/c1-2-36-11-12-39-17-18-42-21-22-43-23-24-44-34(7-9-37-13-15-40-19-20-41-16-14-38-10-8-35)27-5-3-26(4-6-27)32-33-29-31-25-28(30)45-29/h3-6,25,35H,2,7-24H2,1H3/b33-32+. The van der Waals surface area contributed by atoms with Crippen LogP contribution in [-0.2, 0) is 42.7 Å². The first-order chi connectivity index (χ1) is 22.2. The highest BCUT2D eigenvalue weighted by Crippen LogP contribution is 2.28. The highest BCUT2D eigenvalue weighted by atomic mass is 79.9. The lowest BCUT2D eigenvalue weighted by Gasteiger charge is -2.24. The van der Waals surface area contributed by atoms with Gasteiger partial charge in [0.1, 0.15) is 0 Å². The number of aliphatic hydroxyl groups is 1. The number of azo groups is 1. The zero-order valence-corrected chi connectivity index (χ0v) is 28.4. The molecule has 256 valence electrons. The third kappa shape index (κ3) is 21.7. The number of anilines is 1. The molecule has 1 aromatic carbocycles. The fraction of sp³-hybridized carbons (Fsp3) is 0.690. The molecule has 2 rings (SSSR count). The summed E-state index contributed by atoms with van der Waals surface area (Å²) in [6.45, 7) is 10.6. The molecule has 0 aliphatic rings. The third-order valence-corrected chi connectivity index (χ3v) is 6.80. The van der Waals surface area contributed by atoms with Gasteiger partial charge in [-0.2, -0.15) is 0 Å². The number of halogens is 1. The summed E-state index contributed by atoms with van der Waals surface area (Å²) in [5.41, 5.74) is 1.54. The van der Waals surface area contributed by atoms with Gasteiger partial charge in [0.05, 0.1) is 140 Å². The summed E-state index contributed by atoms with van der Waals surface area (Å²) in [6.07, 6.45) is 1.69. The van der Waals surface area contributed by atoms with Crippen LogP contribution in [0.3, 0.4) is 0 Å². The lowest BCUT2D eigenvalue weighted by molar-refractivity contribution is -0.0171. The first-order valence-corrected chi connectivity index (χ1v) is 16.6. The zero-order chi connectivity index (χ0) is 32.0. The molecule has 2 aromatic rings. The Morgan fingerprint density at radius 1 is 0.667 bits per heavy atom. The average Bonchev–Trinajstić information content (AvgIpc) is 3.48. The SMILES string of the molecule is CCOCCOCCOCCOCCON(CCOCCOCCOCCOCCO)c1ccc(/N=N/c2ncc(Br)s2)cc1. The van der Waals surface area contributed by atoms with Crippen molar-refractivity contribution < 1.29 is 47.8 Å². The van der Waals surface area contributed by atoms with Gasteiger partial charge in [-0.1, -0.05) is 11.3 Å². The normalized spacial score (nSPS) is 11.6. The second-order valence-electron chi connectivity index (χ2n) is 8.81. The summed E-state index contributed by atoms with van der Waals surface area (Å²) in [5.74, 6) is 0. The van der Waals surface area contributed by atoms with Crippen molar-refractivity contribution in [3.05, 3.63) is 34.2 Å². The van der Waals surface area contributed by atoms with Crippen molar-refractivity contribution >= 4 is 43.8 Å². The summed E-state index contributed by atoms with van der Waals surface area (Å²) in [4.78, 5) is 10.2. The molecule has 1 N–H and O–H groups in total. The van der Waals surface area contributed by atoms with Gasteiger partial charge in [-0.15, -0.1) is 10.2 Å². The van der Waals surface area contributed by atoms with Crippen LogP contribution in [0.25, 0.3) is 0 Å². The highest BCUT2D eigenvalue weighted by Gasteiger charge is 2.08. The molecular formula is C29H47BrN4O10S. The van der Waals surface area contributed by atoms with Crippen molar-refractivity contribution in [1.82, 2.24) is 4.98 Å². The Morgan fingerprint density at radius 2 is 1.16 bits per heavy atom. The number of hydrogen-bond donors (Lipinski definition) is 1. The van der Waals surface area contributed by atoms with Crippen molar-refractivity contribution in [1.29, 1.82) is 0 Å². The molecular weight excluding hydrogens is 676 g/mol. The van der Waals surface area contributed by atoms with Gasteiger partial charge in [-0.25, -0.2) is 4.98 Å². The lowest BCUT2D eigenvalue weighted by Crippen LogP contribution is -2.30. The molecule has 0 bridgehead atoms. The van der Waals surface area contributed by atoms with E-state index >= 15 is 0 Å². The molecule has 0 aliphatic heterocycles. The molecule has 0 fully saturated rings. The van der Waals surface area contributed by atoms with E-state index in [0.29, 0.717) is 130 Å². The molecule has 14 nitrogen and oxygen atoms in total. The maximum Gasteiger partial charge on any atom is 0.230 e. The van der Waals surface area contributed by atoms with E-state index in [1.807, 2.05) is 31.2 Å². The van der Waals surface area contributed by atoms with Crippen LogP contribution in [-0.4, -0.2) is 136 Å². The predicted octanol–water partition coefficient (Wildman–Crippen LogP) is 4.20. The van der Waals surface area contributed by atoms with Crippen LogP contribution in [0, 0.1) is 0 Å². The Labute approximate surface area is 277 Å². The Hall–Kier alpha value is -1.67. The van der Waals surface area contributed by atoms with Crippen molar-refractivity contribution in [3.8, 4) is 0 Å². The van der Waals surface area contributed by atoms with Crippen molar-refractivity contribution in [3.63, 3.8) is 0 Å². The van der Waals surface area contributed by atoms with E-state index in [-0.39, 0.29) is 6.61 Å². The third-order valence-electron chi connectivity index (χ3n) is 5.44.